The molecule has 2 aliphatic rings. The zero-order valence-electron chi connectivity index (χ0n) is 16.4. The second kappa shape index (κ2) is 9.96. The first kappa shape index (κ1) is 21.4. The molecular weight excluding hydrogens is 480 g/mol. The molecule has 2 aromatic rings. The largest absolute Gasteiger partial charge is 0.370 e. The van der Waals surface area contributed by atoms with Crippen molar-refractivity contribution in [2.24, 2.45) is 10.7 Å². The number of benzene rings is 2. The Bertz CT molecular complexity index is 835. The number of guanidine groups is 1. The molecule has 0 spiro atoms. The fraction of sp³-hybridized carbons (Fsp3) is 0.318. The van der Waals surface area contributed by atoms with Gasteiger partial charge in [0.15, 0.2) is 5.96 Å². The average Bonchev–Trinajstić information content (AvgIpc) is 3.28. The number of hydrogen-bond acceptors (Lipinski definition) is 3. The molecule has 2 aromatic carbocycles. The maximum Gasteiger partial charge on any atom is 0.191 e. The summed E-state index contributed by atoms with van der Waals surface area (Å²) in [5.41, 5.74) is 9.66. The normalized spacial score (nSPS) is 16.9. The average molecular weight is 507 g/mol. The van der Waals surface area contributed by atoms with Gasteiger partial charge in [0.1, 0.15) is 5.82 Å². The lowest BCUT2D eigenvalue weighted by atomic mass is 10.2. The third-order valence-corrected chi connectivity index (χ3v) is 5.34. The summed E-state index contributed by atoms with van der Waals surface area (Å²) >= 11 is 0. The van der Waals surface area contributed by atoms with Gasteiger partial charge in [-0.3, -0.25) is 0 Å². The Hall–Kier alpha value is -2.29. The number of piperazine rings is 1. The molecule has 0 bridgehead atoms. The van der Waals surface area contributed by atoms with Crippen LogP contribution in [-0.2, 0) is 6.54 Å². The smallest absolute Gasteiger partial charge is 0.191 e. The van der Waals surface area contributed by atoms with E-state index in [1.807, 2.05) is 12.1 Å². The molecule has 0 unspecified atom stereocenters. The monoisotopic (exact) mass is 507 g/mol. The van der Waals surface area contributed by atoms with Crippen LogP contribution in [0.25, 0.3) is 0 Å². The minimum Gasteiger partial charge on any atom is -0.370 e. The van der Waals surface area contributed by atoms with Crippen molar-refractivity contribution < 1.29 is 4.39 Å². The van der Waals surface area contributed by atoms with Gasteiger partial charge in [-0.05, 0) is 42.0 Å². The highest BCUT2D eigenvalue weighted by atomic mass is 127. The fourth-order valence-corrected chi connectivity index (χ4v) is 3.62. The van der Waals surface area contributed by atoms with Gasteiger partial charge in [0.25, 0.3) is 0 Å². The van der Waals surface area contributed by atoms with Crippen LogP contribution >= 0.6 is 24.0 Å². The minimum absolute atomic E-state index is 0. The van der Waals surface area contributed by atoms with Gasteiger partial charge in [0.2, 0.25) is 0 Å². The molecule has 1 fully saturated rings. The molecule has 2 aliphatic heterocycles. The van der Waals surface area contributed by atoms with Crippen LogP contribution in [0.2, 0.25) is 0 Å². The Morgan fingerprint density at radius 1 is 0.828 bits per heavy atom. The fourth-order valence-electron chi connectivity index (χ4n) is 3.62. The maximum absolute atomic E-state index is 13.1. The molecule has 2 N–H and O–H groups in total. The summed E-state index contributed by atoms with van der Waals surface area (Å²) in [6.45, 7) is 5.87. The third kappa shape index (κ3) is 5.41. The van der Waals surface area contributed by atoms with E-state index in [0.717, 1.165) is 50.5 Å². The molecule has 7 heteroatoms. The van der Waals surface area contributed by atoms with Gasteiger partial charge in [-0.25, -0.2) is 9.38 Å². The van der Waals surface area contributed by atoms with E-state index in [1.165, 1.54) is 17.8 Å². The van der Waals surface area contributed by atoms with Crippen molar-refractivity contribution in [3.8, 4) is 0 Å². The summed E-state index contributed by atoms with van der Waals surface area (Å²) in [7, 11) is 0. The van der Waals surface area contributed by atoms with Crippen LogP contribution in [-0.4, -0.2) is 50.1 Å². The standard InChI is InChI=1S/C22H26FN5.HI/c23-19-5-9-21(10-6-19)27-13-15-28(16-14-27)22(24)25-17-18-3-7-20(8-4-18)26-11-1-2-12-26;/h1-10H,11-17H2,(H2,24,25);1H. The topological polar surface area (TPSA) is 48.1 Å². The highest BCUT2D eigenvalue weighted by Crippen LogP contribution is 2.19. The zero-order chi connectivity index (χ0) is 19.3. The lowest BCUT2D eigenvalue weighted by Crippen LogP contribution is -2.51. The van der Waals surface area contributed by atoms with E-state index < -0.39 is 0 Å². The van der Waals surface area contributed by atoms with Crippen LogP contribution in [0, 0.1) is 5.82 Å². The first-order valence-corrected chi connectivity index (χ1v) is 9.73. The van der Waals surface area contributed by atoms with E-state index in [1.54, 1.807) is 0 Å². The highest BCUT2D eigenvalue weighted by Gasteiger charge is 2.18. The molecule has 0 aromatic heterocycles. The first-order chi connectivity index (χ1) is 13.7. The Kier molecular flexibility index (Phi) is 7.35. The predicted molar refractivity (Wildman–Crippen MR) is 129 cm³/mol. The summed E-state index contributed by atoms with van der Waals surface area (Å²) in [4.78, 5) is 11.3. The molecule has 1 saturated heterocycles. The lowest BCUT2D eigenvalue weighted by Gasteiger charge is -2.36. The van der Waals surface area contributed by atoms with Crippen LogP contribution in [0.1, 0.15) is 5.56 Å². The summed E-state index contributed by atoms with van der Waals surface area (Å²) in [5.74, 6) is 0.385. The maximum atomic E-state index is 13.1. The summed E-state index contributed by atoms with van der Waals surface area (Å²) in [6, 6.07) is 15.2. The van der Waals surface area contributed by atoms with Gasteiger partial charge in [-0.2, -0.15) is 0 Å². The van der Waals surface area contributed by atoms with Crippen LogP contribution in [0.15, 0.2) is 65.7 Å². The molecular formula is C22H27FIN5. The number of rotatable bonds is 4. The molecule has 0 saturated carbocycles. The Balaban J connectivity index is 0.00000240. The van der Waals surface area contributed by atoms with Crippen LogP contribution < -0.4 is 15.5 Å². The molecule has 0 atom stereocenters. The summed E-state index contributed by atoms with van der Waals surface area (Å²) < 4.78 is 13.1. The Labute approximate surface area is 188 Å². The number of nitrogens with two attached hydrogens (primary N) is 1. The molecule has 29 heavy (non-hydrogen) atoms. The highest BCUT2D eigenvalue weighted by molar-refractivity contribution is 14.0. The van der Waals surface area contributed by atoms with Gasteiger partial charge in [-0.1, -0.05) is 24.3 Å². The number of anilines is 2. The van der Waals surface area contributed by atoms with Crippen molar-refractivity contribution in [3.05, 3.63) is 72.1 Å². The van der Waals surface area contributed by atoms with Crippen LogP contribution in [0.4, 0.5) is 15.8 Å². The first-order valence-electron chi connectivity index (χ1n) is 9.73. The van der Waals surface area contributed by atoms with Crippen molar-refractivity contribution in [1.82, 2.24) is 4.90 Å². The molecule has 4 rings (SSSR count). The summed E-state index contributed by atoms with van der Waals surface area (Å²) in [5, 5.41) is 0. The van der Waals surface area contributed by atoms with Gasteiger partial charge >= 0.3 is 0 Å². The van der Waals surface area contributed by atoms with Crippen molar-refractivity contribution >= 4 is 41.3 Å². The van der Waals surface area contributed by atoms with Crippen molar-refractivity contribution in [3.63, 3.8) is 0 Å². The van der Waals surface area contributed by atoms with Gasteiger partial charge in [-0.15, -0.1) is 24.0 Å². The van der Waals surface area contributed by atoms with E-state index in [-0.39, 0.29) is 29.8 Å². The zero-order valence-corrected chi connectivity index (χ0v) is 18.7. The van der Waals surface area contributed by atoms with E-state index in [9.17, 15) is 4.39 Å². The summed E-state index contributed by atoms with van der Waals surface area (Å²) in [6.07, 6.45) is 4.38. The van der Waals surface area contributed by atoms with E-state index in [4.69, 9.17) is 5.73 Å². The minimum atomic E-state index is -0.205. The second-order valence-electron chi connectivity index (χ2n) is 7.17. The predicted octanol–water partition coefficient (Wildman–Crippen LogP) is 3.46. The van der Waals surface area contributed by atoms with Crippen molar-refractivity contribution in [2.45, 2.75) is 6.54 Å². The second-order valence-corrected chi connectivity index (χ2v) is 7.17. The molecule has 0 radical (unpaired) electrons. The van der Waals surface area contributed by atoms with Crippen LogP contribution in [0.5, 0.6) is 0 Å². The number of aliphatic imine (C=N–C) groups is 1. The van der Waals surface area contributed by atoms with E-state index >= 15 is 0 Å². The lowest BCUT2D eigenvalue weighted by molar-refractivity contribution is 0.380. The van der Waals surface area contributed by atoms with Gasteiger partial charge in [0.05, 0.1) is 6.54 Å². The molecule has 0 amide bonds. The number of hydrogen-bond donors (Lipinski definition) is 1. The molecule has 5 nitrogen and oxygen atoms in total. The number of nitrogens with zero attached hydrogens (tertiary/aromatic N) is 4. The molecule has 154 valence electrons. The third-order valence-electron chi connectivity index (χ3n) is 5.34. The Morgan fingerprint density at radius 3 is 2.00 bits per heavy atom. The number of halogens is 2. The Morgan fingerprint density at radius 2 is 1.38 bits per heavy atom. The molecule has 0 aliphatic carbocycles. The SMILES string of the molecule is I.NC(=NCc1ccc(N2CC=CC2)cc1)N1CCN(c2ccc(F)cc2)CC1. The quantitative estimate of drug-likeness (QED) is 0.298. The van der Waals surface area contributed by atoms with Crippen LogP contribution in [0.3, 0.4) is 0 Å². The molecule has 2 heterocycles. The van der Waals surface area contributed by atoms with E-state index in [0.29, 0.717) is 12.5 Å². The van der Waals surface area contributed by atoms with Crippen molar-refractivity contribution in [2.75, 3.05) is 49.1 Å². The van der Waals surface area contributed by atoms with E-state index in [2.05, 4.69) is 56.1 Å². The van der Waals surface area contributed by atoms with Gasteiger partial charge in [0, 0.05) is 50.6 Å². The van der Waals surface area contributed by atoms with Crippen molar-refractivity contribution in [1.29, 1.82) is 0 Å². The van der Waals surface area contributed by atoms with Gasteiger partial charge < -0.3 is 20.4 Å².